The minimum atomic E-state index is -4.69. The number of nitrogens with two attached hydrogens (primary N) is 1. The molecule has 1 radical (unpaired) electrons. The van der Waals surface area contributed by atoms with E-state index in [1.54, 1.807) is 18.2 Å². The van der Waals surface area contributed by atoms with Crippen LogP contribution in [0.1, 0.15) is 18.1 Å². The lowest BCUT2D eigenvalue weighted by molar-refractivity contribution is -0.139. The first kappa shape index (κ1) is 13.1. The van der Waals surface area contributed by atoms with Gasteiger partial charge in [-0.05, 0) is 30.5 Å². The van der Waals surface area contributed by atoms with Crippen LogP contribution in [0, 0.1) is 12.2 Å². The summed E-state index contributed by atoms with van der Waals surface area (Å²) in [7, 11) is 0. The lowest BCUT2D eigenvalue weighted by Gasteiger charge is -2.26. The van der Waals surface area contributed by atoms with Crippen molar-refractivity contribution in [2.45, 2.75) is 25.7 Å². The average Bonchev–Trinajstić information content (AvgIpc) is 2.68. The van der Waals surface area contributed by atoms with Crippen LogP contribution in [0.4, 0.5) is 23.2 Å². The van der Waals surface area contributed by atoms with Crippen LogP contribution in [0.3, 0.4) is 0 Å². The van der Waals surface area contributed by atoms with Crippen LogP contribution in [0.25, 0.3) is 0 Å². The van der Waals surface area contributed by atoms with Gasteiger partial charge in [0, 0.05) is 12.2 Å². The van der Waals surface area contributed by atoms with E-state index in [0.29, 0.717) is 24.2 Å². The Morgan fingerprint density at radius 3 is 2.61 bits per heavy atom. The topological polar surface area (TPSA) is 29.3 Å². The Balaban J connectivity index is 2.46. The Morgan fingerprint density at radius 2 is 2.06 bits per heavy atom. The molecule has 0 saturated carbocycles. The number of anilines is 1. The van der Waals surface area contributed by atoms with E-state index in [1.165, 1.54) is 0 Å². The van der Waals surface area contributed by atoms with Crippen molar-refractivity contribution in [1.82, 2.24) is 0 Å². The van der Waals surface area contributed by atoms with Crippen molar-refractivity contribution in [2.24, 2.45) is 5.73 Å². The van der Waals surface area contributed by atoms with Crippen LogP contribution in [-0.2, 0) is 12.6 Å². The summed E-state index contributed by atoms with van der Waals surface area (Å²) in [5.41, 5.74) is 5.48. The second-order valence-corrected chi connectivity index (χ2v) is 4.23. The lowest BCUT2D eigenvalue weighted by Crippen LogP contribution is -2.40. The molecule has 1 aromatic carbocycles. The first-order valence-electron chi connectivity index (χ1n) is 5.56. The van der Waals surface area contributed by atoms with E-state index < -0.39 is 23.7 Å². The van der Waals surface area contributed by atoms with Gasteiger partial charge >= 0.3 is 6.18 Å². The quantitative estimate of drug-likeness (QED) is 0.829. The van der Waals surface area contributed by atoms with E-state index in [9.17, 15) is 17.6 Å². The van der Waals surface area contributed by atoms with Crippen molar-refractivity contribution in [1.29, 1.82) is 0 Å². The van der Waals surface area contributed by atoms with Gasteiger partial charge in [-0.25, -0.2) is 4.39 Å². The van der Waals surface area contributed by atoms with E-state index in [1.807, 2.05) is 0 Å². The molecule has 1 aliphatic rings. The van der Waals surface area contributed by atoms with Gasteiger partial charge in [0.15, 0.2) is 0 Å². The fraction of sp³-hybridized carbons (Fsp3) is 0.417. The number of hydrogen-bond acceptors (Lipinski definition) is 2. The molecule has 1 atom stereocenters. The van der Waals surface area contributed by atoms with Crippen LogP contribution in [0.15, 0.2) is 12.1 Å². The highest BCUT2D eigenvalue weighted by Crippen LogP contribution is 2.38. The number of rotatable bonds is 2. The Bertz CT molecular complexity index is 456. The number of hydrogen-bond donors (Lipinski definition) is 1. The van der Waals surface area contributed by atoms with Gasteiger partial charge in [0.2, 0.25) is 0 Å². The third-order valence-electron chi connectivity index (χ3n) is 3.11. The molecule has 2 nitrogen and oxygen atoms in total. The smallest absolute Gasteiger partial charge is 0.355 e. The number of benzene rings is 1. The molecule has 0 amide bonds. The second-order valence-electron chi connectivity index (χ2n) is 4.23. The molecule has 0 fully saturated rings. The molecular formula is C12H13F4N2. The van der Waals surface area contributed by atoms with Gasteiger partial charge in [0.05, 0.1) is 11.7 Å². The average molecular weight is 261 g/mol. The Hall–Kier alpha value is -1.30. The SMILES string of the molecule is C[CH]C(N)N1CCc2cc(F)c(C(F)(F)F)cc21. The summed E-state index contributed by atoms with van der Waals surface area (Å²) in [6.45, 7) is 2.23. The molecule has 18 heavy (non-hydrogen) atoms. The van der Waals surface area contributed by atoms with E-state index >= 15 is 0 Å². The van der Waals surface area contributed by atoms with Crippen molar-refractivity contribution in [3.63, 3.8) is 0 Å². The van der Waals surface area contributed by atoms with E-state index in [0.717, 1.165) is 12.1 Å². The minimum absolute atomic E-state index is 0.370. The van der Waals surface area contributed by atoms with Gasteiger partial charge in [-0.15, -0.1) is 0 Å². The van der Waals surface area contributed by atoms with Crippen LogP contribution in [0.5, 0.6) is 0 Å². The van der Waals surface area contributed by atoms with Gasteiger partial charge < -0.3 is 10.6 Å². The molecule has 99 valence electrons. The van der Waals surface area contributed by atoms with Gasteiger partial charge in [0.1, 0.15) is 5.82 Å². The molecule has 1 unspecified atom stereocenters. The van der Waals surface area contributed by atoms with E-state index in [-0.39, 0.29) is 0 Å². The summed E-state index contributed by atoms with van der Waals surface area (Å²) in [5.74, 6) is -1.22. The summed E-state index contributed by atoms with van der Waals surface area (Å²) >= 11 is 0. The van der Waals surface area contributed by atoms with Gasteiger partial charge in [0.25, 0.3) is 0 Å². The predicted octanol–water partition coefficient (Wildman–Crippen LogP) is 2.72. The molecule has 6 heteroatoms. The predicted molar refractivity (Wildman–Crippen MR) is 60.4 cm³/mol. The summed E-state index contributed by atoms with van der Waals surface area (Å²) in [4.78, 5) is 1.64. The Morgan fingerprint density at radius 1 is 1.39 bits per heavy atom. The normalized spacial score (nSPS) is 16.9. The fourth-order valence-corrected chi connectivity index (χ4v) is 2.14. The highest BCUT2D eigenvalue weighted by Gasteiger charge is 2.36. The standard InChI is InChI=1S/C12H13F4N2/c1-2-11(17)18-4-3-7-5-9(13)8(6-10(7)18)12(14,15)16/h2,5-6,11H,3-4,17H2,1H3. The number of halogens is 4. The van der Waals surface area contributed by atoms with Crippen LogP contribution >= 0.6 is 0 Å². The first-order chi connectivity index (χ1) is 8.34. The second kappa shape index (κ2) is 4.42. The molecule has 0 bridgehead atoms. The van der Waals surface area contributed by atoms with Crippen molar-refractivity contribution >= 4 is 5.69 Å². The maximum absolute atomic E-state index is 13.4. The third kappa shape index (κ3) is 2.16. The van der Waals surface area contributed by atoms with Crippen LogP contribution in [0.2, 0.25) is 0 Å². The third-order valence-corrected chi connectivity index (χ3v) is 3.11. The number of nitrogens with zero attached hydrogens (tertiary/aromatic N) is 1. The van der Waals surface area contributed by atoms with Gasteiger partial charge in [-0.2, -0.15) is 13.2 Å². The van der Waals surface area contributed by atoms with E-state index in [4.69, 9.17) is 5.73 Å². The van der Waals surface area contributed by atoms with Crippen LogP contribution < -0.4 is 10.6 Å². The maximum Gasteiger partial charge on any atom is 0.419 e. The first-order valence-corrected chi connectivity index (χ1v) is 5.56. The number of alkyl halides is 3. The van der Waals surface area contributed by atoms with Gasteiger partial charge in [-0.3, -0.25) is 0 Å². The van der Waals surface area contributed by atoms with Gasteiger partial charge in [-0.1, -0.05) is 6.92 Å². The summed E-state index contributed by atoms with van der Waals surface area (Å²) in [6.07, 6.45) is -2.96. The van der Waals surface area contributed by atoms with Crippen LogP contribution in [-0.4, -0.2) is 12.7 Å². The molecule has 2 rings (SSSR count). The molecule has 0 saturated heterocycles. The highest BCUT2D eigenvalue weighted by atomic mass is 19.4. The fourth-order valence-electron chi connectivity index (χ4n) is 2.14. The Labute approximate surface area is 102 Å². The van der Waals surface area contributed by atoms with Crippen molar-refractivity contribution in [3.8, 4) is 0 Å². The highest BCUT2D eigenvalue weighted by molar-refractivity contribution is 5.61. The molecule has 2 N–H and O–H groups in total. The summed E-state index contributed by atoms with van der Waals surface area (Å²) < 4.78 is 51.3. The monoisotopic (exact) mass is 261 g/mol. The lowest BCUT2D eigenvalue weighted by atomic mass is 10.1. The zero-order valence-corrected chi connectivity index (χ0v) is 9.76. The minimum Gasteiger partial charge on any atom is -0.355 e. The summed E-state index contributed by atoms with van der Waals surface area (Å²) in [5, 5.41) is 0. The van der Waals surface area contributed by atoms with Crippen molar-refractivity contribution in [3.05, 3.63) is 35.5 Å². The Kier molecular flexibility index (Phi) is 3.23. The molecule has 0 aromatic heterocycles. The molecule has 1 heterocycles. The van der Waals surface area contributed by atoms with Crippen molar-refractivity contribution < 1.29 is 17.6 Å². The number of fused-ring (bicyclic) bond motifs is 1. The molecule has 1 aliphatic heterocycles. The largest absolute Gasteiger partial charge is 0.419 e. The zero-order valence-electron chi connectivity index (χ0n) is 9.76. The van der Waals surface area contributed by atoms with Crippen molar-refractivity contribution in [2.75, 3.05) is 11.4 Å². The van der Waals surface area contributed by atoms with E-state index in [2.05, 4.69) is 0 Å². The molecular weight excluding hydrogens is 248 g/mol. The maximum atomic E-state index is 13.4. The summed E-state index contributed by atoms with van der Waals surface area (Å²) in [6, 6.07) is 1.81. The molecule has 1 aromatic rings. The molecule has 0 aliphatic carbocycles. The zero-order chi connectivity index (χ0) is 13.5. The molecule has 0 spiro atoms.